The lowest BCUT2D eigenvalue weighted by molar-refractivity contribution is -0.629. The summed E-state index contributed by atoms with van der Waals surface area (Å²) in [6, 6.07) is 24.1. The standard InChI is InChI=1S/C28H45B2N3.C7H8/c1-18(2)22-12-10-13-23(19(3)4)26(22)32-16-17-33(28(32)30-31(9)29)27-24(20(5)6)14-11-15-25(27)21(7)8;1-7-5-3-2-4-6-7/h10-21,31H,30H2,1-9,29H3;2-6H,1H3. The molecule has 0 saturated carbocycles. The van der Waals surface area contributed by atoms with E-state index in [4.69, 9.17) is 0 Å². The highest BCUT2D eigenvalue weighted by Gasteiger charge is 2.27. The van der Waals surface area contributed by atoms with E-state index in [0.29, 0.717) is 23.7 Å². The Kier molecular flexibility index (Phi) is 11.0. The average molecular weight is 537 g/mol. The molecule has 1 heterocycles. The zero-order valence-electron chi connectivity index (χ0n) is 26.2. The molecule has 4 aromatic rings. The minimum atomic E-state index is -0.334. The smallest absolute Gasteiger partial charge is 0.255 e. The van der Waals surface area contributed by atoms with Crippen LogP contribution in [0.5, 0.6) is 0 Å². The largest absolute Gasteiger partial charge is 0.738 e. The molecule has 1 aromatic heterocycles. The number of imidazole rings is 1. The summed E-state index contributed by atoms with van der Waals surface area (Å²) in [6.45, 7) is 20.7. The van der Waals surface area contributed by atoms with Crippen molar-refractivity contribution in [3.05, 3.63) is 107 Å². The van der Waals surface area contributed by atoms with Crippen molar-refractivity contribution in [3.63, 3.8) is 0 Å². The number of nitrogens with one attached hydrogen (secondary N) is 1. The van der Waals surface area contributed by atoms with Gasteiger partial charge in [-0.25, -0.2) is 9.13 Å². The van der Waals surface area contributed by atoms with E-state index in [-0.39, 0.29) is 15.4 Å². The van der Waals surface area contributed by atoms with Crippen LogP contribution in [0.2, 0.25) is 0 Å². The van der Waals surface area contributed by atoms with Crippen molar-refractivity contribution in [3.8, 4) is 11.4 Å². The highest BCUT2D eigenvalue weighted by molar-refractivity contribution is 6.45. The minimum absolute atomic E-state index is 0.247. The predicted octanol–water partition coefficient (Wildman–Crippen LogP) is 4.75. The topological polar surface area (TPSA) is 13.2 Å². The summed E-state index contributed by atoms with van der Waals surface area (Å²) in [5.74, 6) is 1.96. The zero-order chi connectivity index (χ0) is 29.6. The third-order valence-corrected chi connectivity index (χ3v) is 7.64. The number of quaternary nitrogens is 1. The van der Waals surface area contributed by atoms with Crippen molar-refractivity contribution in [2.24, 2.45) is 0 Å². The van der Waals surface area contributed by atoms with Gasteiger partial charge in [0, 0.05) is 22.3 Å². The molecule has 214 valence electrons. The molecular weight excluding hydrogens is 484 g/mol. The Morgan fingerprint density at radius 3 is 1.50 bits per heavy atom. The maximum absolute atomic E-state index is 2.58. The van der Waals surface area contributed by atoms with Gasteiger partial charge in [0.15, 0.2) is 0 Å². The Labute approximate surface area is 246 Å². The van der Waals surface area contributed by atoms with Crippen molar-refractivity contribution < 1.29 is 9.29 Å². The molecular formula is C35H53B2N3. The molecule has 3 aromatic carbocycles. The second-order valence-electron chi connectivity index (χ2n) is 12.2. The average Bonchev–Trinajstić information content (AvgIpc) is 3.30. The molecule has 0 aliphatic rings. The van der Waals surface area contributed by atoms with Crippen LogP contribution in [-0.2, 0) is 0 Å². The lowest BCUT2D eigenvalue weighted by Gasteiger charge is -2.26. The zero-order valence-corrected chi connectivity index (χ0v) is 26.2. The third kappa shape index (κ3) is 7.37. The number of hydrogen-bond acceptors (Lipinski definition) is 0. The van der Waals surface area contributed by atoms with Crippen LogP contribution in [0.25, 0.3) is 11.4 Å². The molecule has 0 radical (unpaired) electrons. The lowest BCUT2D eigenvalue weighted by atomic mass is 9.84. The highest BCUT2D eigenvalue weighted by Crippen LogP contribution is 2.31. The Balaban J connectivity index is 0.000000547. The van der Waals surface area contributed by atoms with Gasteiger partial charge in [0.05, 0.1) is 0 Å². The second kappa shape index (κ2) is 14.0. The first kappa shape index (κ1) is 31.5. The second-order valence-corrected chi connectivity index (χ2v) is 12.2. The number of aromatic nitrogens is 2. The molecule has 1 atom stereocenters. The van der Waals surface area contributed by atoms with Crippen LogP contribution in [-0.4, -0.2) is 27.0 Å². The van der Waals surface area contributed by atoms with Gasteiger partial charge in [0.1, 0.15) is 37.5 Å². The van der Waals surface area contributed by atoms with Gasteiger partial charge < -0.3 is 4.72 Å². The molecule has 0 aliphatic heterocycles. The van der Waals surface area contributed by atoms with Gasteiger partial charge >= 0.3 is 0 Å². The maximum Gasteiger partial charge on any atom is 0.255 e. The van der Waals surface area contributed by atoms with Crippen LogP contribution in [0.4, 0.5) is 0 Å². The molecule has 1 unspecified atom stereocenters. The molecule has 0 bridgehead atoms. The molecule has 0 amide bonds. The van der Waals surface area contributed by atoms with E-state index < -0.39 is 0 Å². The minimum Gasteiger partial charge on any atom is -0.738 e. The number of aryl methyl sites for hydroxylation is 1. The molecule has 0 saturated heterocycles. The van der Waals surface area contributed by atoms with Crippen LogP contribution in [0.15, 0.2) is 79.1 Å². The van der Waals surface area contributed by atoms with E-state index >= 15 is 0 Å². The molecule has 4 rings (SSSR count). The predicted molar refractivity (Wildman–Crippen MR) is 180 cm³/mol. The van der Waals surface area contributed by atoms with Crippen molar-refractivity contribution in [2.45, 2.75) is 86.0 Å². The van der Waals surface area contributed by atoms with E-state index in [1.165, 1.54) is 44.9 Å². The molecule has 40 heavy (non-hydrogen) atoms. The van der Waals surface area contributed by atoms with Gasteiger partial charge in [-0.15, -0.1) is 0 Å². The lowest BCUT2D eigenvalue weighted by Crippen LogP contribution is -3.12. The van der Waals surface area contributed by atoms with Crippen LogP contribution in [0.1, 0.15) is 107 Å². The van der Waals surface area contributed by atoms with E-state index in [0.717, 1.165) is 0 Å². The van der Waals surface area contributed by atoms with E-state index in [1.807, 2.05) is 18.2 Å². The molecule has 3 nitrogen and oxygen atoms in total. The number of nitrogens with zero attached hydrogens (tertiary/aromatic N) is 2. The van der Waals surface area contributed by atoms with Crippen molar-refractivity contribution in [2.75, 3.05) is 7.05 Å². The van der Waals surface area contributed by atoms with E-state index in [2.05, 4.69) is 139 Å². The van der Waals surface area contributed by atoms with Crippen molar-refractivity contribution in [1.29, 1.82) is 0 Å². The summed E-state index contributed by atoms with van der Waals surface area (Å²) in [5.41, 5.74) is 11.5. The maximum atomic E-state index is 2.58. The normalized spacial score (nSPS) is 12.3. The first-order valence-electron chi connectivity index (χ1n) is 14.9. The van der Waals surface area contributed by atoms with Crippen molar-refractivity contribution >= 4 is 21.1 Å². The monoisotopic (exact) mass is 537 g/mol. The SMILES string of the molecule is Cc1ccccc1.[BH3-][NH+](C)[BH2-]c1n(-c2c(C(C)C)cccc2C(C)C)cc[n+]1-c1c(C(C)C)cccc1C(C)C. The Morgan fingerprint density at radius 2 is 1.12 bits per heavy atom. The molecule has 0 spiro atoms. The summed E-state index contributed by atoms with van der Waals surface area (Å²) in [7, 11) is 2.33. The Morgan fingerprint density at radius 1 is 0.675 bits per heavy atom. The van der Waals surface area contributed by atoms with Gasteiger partial charge in [0.25, 0.3) is 7.41 Å². The number of hydrogen-bond donors (Lipinski definition) is 1. The molecule has 1 N–H and O–H groups in total. The van der Waals surface area contributed by atoms with Crippen LogP contribution in [0, 0.1) is 6.92 Å². The molecule has 0 aliphatic carbocycles. The fourth-order valence-corrected chi connectivity index (χ4v) is 5.52. The molecule has 5 heteroatoms. The molecule has 0 fully saturated rings. The van der Waals surface area contributed by atoms with Gasteiger partial charge in [-0.05, 0) is 37.6 Å². The fraction of sp³-hybridized carbons (Fsp3) is 0.400. The summed E-state index contributed by atoms with van der Waals surface area (Å²) in [5, 5.41) is 0. The van der Waals surface area contributed by atoms with Crippen LogP contribution < -0.4 is 15.0 Å². The van der Waals surface area contributed by atoms with E-state index in [9.17, 15) is 0 Å². The third-order valence-electron chi connectivity index (χ3n) is 7.64. The van der Waals surface area contributed by atoms with Gasteiger partial charge in [-0.2, -0.15) is 0 Å². The van der Waals surface area contributed by atoms with Crippen LogP contribution >= 0.6 is 0 Å². The first-order chi connectivity index (χ1) is 18.9. The summed E-state index contributed by atoms with van der Waals surface area (Å²) in [4.78, 5) is 0. The van der Waals surface area contributed by atoms with Crippen molar-refractivity contribution in [1.82, 2.24) is 4.57 Å². The Bertz CT molecular complexity index is 1240. The van der Waals surface area contributed by atoms with Gasteiger partial charge in [-0.1, -0.05) is 128 Å². The number of rotatable bonds is 8. The summed E-state index contributed by atoms with van der Waals surface area (Å²) < 4.78 is 6.96. The van der Waals surface area contributed by atoms with Crippen LogP contribution in [0.3, 0.4) is 0 Å². The number of benzene rings is 3. The Hall–Kier alpha value is -3.04. The summed E-state index contributed by atoms with van der Waals surface area (Å²) in [6.07, 6.45) is 4.71. The number of para-hydroxylation sites is 2. The summed E-state index contributed by atoms with van der Waals surface area (Å²) >= 11 is 0. The van der Waals surface area contributed by atoms with Gasteiger partial charge in [-0.3, -0.25) is 0 Å². The first-order valence-corrected chi connectivity index (χ1v) is 14.9. The highest BCUT2D eigenvalue weighted by atomic mass is 15.2. The van der Waals surface area contributed by atoms with Gasteiger partial charge in [0.2, 0.25) is 0 Å². The fourth-order valence-electron chi connectivity index (χ4n) is 5.52. The quantitative estimate of drug-likeness (QED) is 0.246. The van der Waals surface area contributed by atoms with E-state index in [1.54, 1.807) is 4.72 Å².